The first-order chi connectivity index (χ1) is 8.20. The molecule has 1 aliphatic heterocycles. The number of nitro benzene ring substituents is 1. The largest absolute Gasteiger partial charge is 0.377 e. The smallest absolute Gasteiger partial charge is 0.269 e. The van der Waals surface area contributed by atoms with E-state index in [2.05, 4.69) is 5.32 Å². The third kappa shape index (κ3) is 2.66. The van der Waals surface area contributed by atoms with Crippen LogP contribution < -0.4 is 5.32 Å². The molecule has 6 heteroatoms. The second-order valence-corrected chi connectivity index (χ2v) is 3.85. The molecule has 6 nitrogen and oxygen atoms in total. The maximum absolute atomic E-state index is 10.6. The Kier molecular flexibility index (Phi) is 3.46. The number of ether oxygens (including phenoxy) is 1. The molecule has 1 N–H and O–H groups in total. The topological polar surface area (TPSA) is 81.5 Å². The van der Waals surface area contributed by atoms with Gasteiger partial charge in [-0.1, -0.05) is 12.1 Å². The molecule has 0 spiro atoms. The molecule has 1 fully saturated rings. The number of benzene rings is 1. The highest BCUT2D eigenvalue weighted by atomic mass is 16.6. The van der Waals surface area contributed by atoms with E-state index in [-0.39, 0.29) is 17.8 Å². The Morgan fingerprint density at radius 1 is 1.35 bits per heavy atom. The van der Waals surface area contributed by atoms with Crippen LogP contribution >= 0.6 is 0 Å². The molecular formula is C11H12N2O4. The number of nitrogens with one attached hydrogen (secondary N) is 1. The molecule has 1 saturated heterocycles. The van der Waals surface area contributed by atoms with E-state index < -0.39 is 4.92 Å². The van der Waals surface area contributed by atoms with Gasteiger partial charge in [-0.3, -0.25) is 15.4 Å². The molecule has 0 amide bonds. The van der Waals surface area contributed by atoms with Crippen molar-refractivity contribution in [1.82, 2.24) is 5.32 Å². The van der Waals surface area contributed by atoms with Crippen LogP contribution in [0.3, 0.4) is 0 Å². The van der Waals surface area contributed by atoms with E-state index in [9.17, 15) is 14.9 Å². The molecule has 0 radical (unpaired) electrons. The number of nitrogens with zero attached hydrogens (tertiary/aromatic N) is 1. The Balaban J connectivity index is 2.11. The summed E-state index contributed by atoms with van der Waals surface area (Å²) in [5.41, 5.74) is 0.930. The molecule has 1 aliphatic rings. The Labute approximate surface area is 97.7 Å². The van der Waals surface area contributed by atoms with E-state index in [1.54, 1.807) is 12.1 Å². The minimum atomic E-state index is -0.442. The summed E-state index contributed by atoms with van der Waals surface area (Å²) in [5, 5.41) is 13.6. The third-order valence-electron chi connectivity index (χ3n) is 2.67. The number of hydrogen-bond donors (Lipinski definition) is 1. The maximum atomic E-state index is 10.6. The van der Waals surface area contributed by atoms with Crippen molar-refractivity contribution in [1.29, 1.82) is 0 Å². The molecule has 0 aromatic heterocycles. The zero-order valence-corrected chi connectivity index (χ0v) is 9.04. The third-order valence-corrected chi connectivity index (χ3v) is 2.67. The normalized spacial score (nSPS) is 24.2. The maximum Gasteiger partial charge on any atom is 0.269 e. The van der Waals surface area contributed by atoms with Gasteiger partial charge in [0.05, 0.1) is 30.2 Å². The van der Waals surface area contributed by atoms with Crippen LogP contribution in [0.2, 0.25) is 0 Å². The number of morpholine rings is 1. The predicted octanol–water partition coefficient (Wildman–Crippen LogP) is 0.823. The fourth-order valence-corrected chi connectivity index (χ4v) is 1.77. The zero-order chi connectivity index (χ0) is 12.3. The molecule has 2 atom stereocenters. The van der Waals surface area contributed by atoms with Crippen molar-refractivity contribution in [3.63, 3.8) is 0 Å². The van der Waals surface area contributed by atoms with Crippen molar-refractivity contribution >= 4 is 12.0 Å². The first-order valence-electron chi connectivity index (χ1n) is 5.24. The van der Waals surface area contributed by atoms with E-state index in [0.717, 1.165) is 11.8 Å². The van der Waals surface area contributed by atoms with Crippen LogP contribution in [-0.2, 0) is 9.53 Å². The minimum Gasteiger partial charge on any atom is -0.377 e. The first kappa shape index (κ1) is 11.7. The lowest BCUT2D eigenvalue weighted by Gasteiger charge is -2.28. The van der Waals surface area contributed by atoms with E-state index in [4.69, 9.17) is 4.74 Å². The average molecular weight is 236 g/mol. The van der Waals surface area contributed by atoms with Gasteiger partial charge >= 0.3 is 0 Å². The highest BCUT2D eigenvalue weighted by molar-refractivity contribution is 5.58. The number of hydrogen-bond acceptors (Lipinski definition) is 5. The van der Waals surface area contributed by atoms with E-state index in [1.807, 2.05) is 0 Å². The van der Waals surface area contributed by atoms with Gasteiger partial charge in [-0.05, 0) is 5.56 Å². The lowest BCUT2D eigenvalue weighted by molar-refractivity contribution is -0.384. The quantitative estimate of drug-likeness (QED) is 0.477. The van der Waals surface area contributed by atoms with E-state index >= 15 is 0 Å². The second-order valence-electron chi connectivity index (χ2n) is 3.85. The summed E-state index contributed by atoms with van der Waals surface area (Å²) in [6.45, 7) is 0.829. The molecule has 0 bridgehead atoms. The predicted molar refractivity (Wildman–Crippen MR) is 59.6 cm³/mol. The van der Waals surface area contributed by atoms with Crippen LogP contribution in [0.1, 0.15) is 11.6 Å². The summed E-state index contributed by atoms with van der Waals surface area (Å²) in [6.07, 6.45) is 0.803. The van der Waals surface area contributed by atoms with E-state index in [0.29, 0.717) is 13.2 Å². The molecule has 0 saturated carbocycles. The molecule has 1 aromatic rings. The molecule has 90 valence electrons. The monoisotopic (exact) mass is 236 g/mol. The SMILES string of the molecule is O=CC1COCC(c2ccc([N+](=O)[O-])cc2)N1. The van der Waals surface area contributed by atoms with Gasteiger partial charge in [0.25, 0.3) is 5.69 Å². The summed E-state index contributed by atoms with van der Waals surface area (Å²) in [7, 11) is 0. The van der Waals surface area contributed by atoms with Gasteiger partial charge in [0, 0.05) is 12.1 Å². The first-order valence-corrected chi connectivity index (χ1v) is 5.24. The highest BCUT2D eigenvalue weighted by Gasteiger charge is 2.22. The van der Waals surface area contributed by atoms with Gasteiger partial charge < -0.3 is 9.53 Å². The Bertz CT molecular complexity index is 418. The fourth-order valence-electron chi connectivity index (χ4n) is 1.77. The summed E-state index contributed by atoms with van der Waals surface area (Å²) >= 11 is 0. The van der Waals surface area contributed by atoms with Crippen LogP contribution in [0.25, 0.3) is 0 Å². The molecule has 1 aromatic carbocycles. The van der Waals surface area contributed by atoms with Gasteiger partial charge in [-0.15, -0.1) is 0 Å². The molecule has 1 heterocycles. The fraction of sp³-hybridized carbons (Fsp3) is 0.364. The van der Waals surface area contributed by atoms with Crippen LogP contribution in [0.15, 0.2) is 24.3 Å². The summed E-state index contributed by atoms with van der Waals surface area (Å²) in [6, 6.07) is 5.82. The molecule has 2 unspecified atom stereocenters. The van der Waals surface area contributed by atoms with Gasteiger partial charge in [0.1, 0.15) is 6.29 Å². The lowest BCUT2D eigenvalue weighted by Crippen LogP contribution is -2.44. The molecule has 2 rings (SSSR count). The van der Waals surface area contributed by atoms with Crippen LogP contribution in [0.5, 0.6) is 0 Å². The van der Waals surface area contributed by atoms with Crippen molar-refractivity contribution < 1.29 is 14.5 Å². The summed E-state index contributed by atoms with van der Waals surface area (Å²) in [5.74, 6) is 0. The number of nitro groups is 1. The van der Waals surface area contributed by atoms with Crippen LogP contribution in [0, 0.1) is 10.1 Å². The van der Waals surface area contributed by atoms with Gasteiger partial charge in [0.15, 0.2) is 0 Å². The molecular weight excluding hydrogens is 224 g/mol. The minimum absolute atomic E-state index is 0.0532. The van der Waals surface area contributed by atoms with Crippen molar-refractivity contribution in [3.8, 4) is 0 Å². The summed E-state index contributed by atoms with van der Waals surface area (Å²) < 4.78 is 5.29. The second kappa shape index (κ2) is 5.03. The van der Waals surface area contributed by atoms with Crippen LogP contribution in [0.4, 0.5) is 5.69 Å². The number of carbonyl (C=O) groups excluding carboxylic acids is 1. The van der Waals surface area contributed by atoms with Crippen molar-refractivity contribution in [2.45, 2.75) is 12.1 Å². The highest BCUT2D eigenvalue weighted by Crippen LogP contribution is 2.20. The number of carbonyl (C=O) groups is 1. The average Bonchev–Trinajstić information content (AvgIpc) is 2.39. The zero-order valence-electron chi connectivity index (χ0n) is 9.04. The Morgan fingerprint density at radius 2 is 2.06 bits per heavy atom. The van der Waals surface area contributed by atoms with Crippen molar-refractivity contribution in [2.24, 2.45) is 0 Å². The lowest BCUT2D eigenvalue weighted by atomic mass is 10.1. The molecule has 17 heavy (non-hydrogen) atoms. The van der Waals surface area contributed by atoms with Gasteiger partial charge in [0.2, 0.25) is 0 Å². The standard InChI is InChI=1S/C11H12N2O4/c14-5-9-6-17-7-11(12-9)8-1-3-10(4-2-8)13(15)16/h1-5,9,11-12H,6-7H2. The Hall–Kier alpha value is -1.79. The van der Waals surface area contributed by atoms with Crippen molar-refractivity contribution in [3.05, 3.63) is 39.9 Å². The van der Waals surface area contributed by atoms with Crippen molar-refractivity contribution in [2.75, 3.05) is 13.2 Å². The number of rotatable bonds is 3. The number of aldehydes is 1. The number of non-ortho nitro benzene ring substituents is 1. The molecule has 0 aliphatic carbocycles. The van der Waals surface area contributed by atoms with Gasteiger partial charge in [-0.25, -0.2) is 0 Å². The van der Waals surface area contributed by atoms with E-state index in [1.165, 1.54) is 12.1 Å². The van der Waals surface area contributed by atoms with Crippen LogP contribution in [-0.4, -0.2) is 30.5 Å². The Morgan fingerprint density at radius 3 is 2.65 bits per heavy atom. The summed E-state index contributed by atoms with van der Waals surface area (Å²) in [4.78, 5) is 20.7. The van der Waals surface area contributed by atoms with Gasteiger partial charge in [-0.2, -0.15) is 0 Å².